The van der Waals surface area contributed by atoms with Gasteiger partial charge in [0.15, 0.2) is 11.5 Å². The Kier molecular flexibility index (Phi) is 3.11. The average molecular weight is 207 g/mol. The van der Waals surface area contributed by atoms with Crippen LogP contribution in [0.1, 0.15) is 24.4 Å². The SMILES string of the molecule is COc1cccc(C2CCCN2)c1OC. The van der Waals surface area contributed by atoms with Gasteiger partial charge in [0.1, 0.15) is 0 Å². The van der Waals surface area contributed by atoms with Gasteiger partial charge in [-0.3, -0.25) is 0 Å². The molecule has 1 atom stereocenters. The van der Waals surface area contributed by atoms with E-state index >= 15 is 0 Å². The van der Waals surface area contributed by atoms with Crippen LogP contribution in [-0.4, -0.2) is 20.8 Å². The molecule has 0 amide bonds. The van der Waals surface area contributed by atoms with Gasteiger partial charge in [-0.25, -0.2) is 0 Å². The maximum atomic E-state index is 5.41. The molecule has 1 aromatic rings. The molecular weight excluding hydrogens is 190 g/mol. The zero-order chi connectivity index (χ0) is 10.7. The van der Waals surface area contributed by atoms with Gasteiger partial charge in [-0.2, -0.15) is 0 Å². The van der Waals surface area contributed by atoms with E-state index in [9.17, 15) is 0 Å². The summed E-state index contributed by atoms with van der Waals surface area (Å²) in [6, 6.07) is 6.45. The first-order valence-corrected chi connectivity index (χ1v) is 5.31. The van der Waals surface area contributed by atoms with Crippen molar-refractivity contribution in [3.8, 4) is 11.5 Å². The molecular formula is C12H17NO2. The summed E-state index contributed by atoms with van der Waals surface area (Å²) in [5, 5.41) is 3.46. The largest absolute Gasteiger partial charge is 0.493 e. The molecule has 0 radical (unpaired) electrons. The number of benzene rings is 1. The molecule has 0 saturated carbocycles. The normalized spacial score (nSPS) is 20.3. The number of para-hydroxylation sites is 1. The molecule has 3 nitrogen and oxygen atoms in total. The maximum absolute atomic E-state index is 5.41. The van der Waals surface area contributed by atoms with Crippen LogP contribution in [0.15, 0.2) is 18.2 Å². The lowest BCUT2D eigenvalue weighted by Gasteiger charge is -2.17. The molecule has 0 aromatic heterocycles. The maximum Gasteiger partial charge on any atom is 0.165 e. The molecule has 1 unspecified atom stereocenters. The van der Waals surface area contributed by atoms with Gasteiger partial charge in [-0.1, -0.05) is 12.1 Å². The predicted octanol–water partition coefficient (Wildman–Crippen LogP) is 2.13. The fourth-order valence-corrected chi connectivity index (χ4v) is 2.14. The molecule has 0 spiro atoms. The Bertz CT molecular complexity index is 332. The second-order valence-corrected chi connectivity index (χ2v) is 3.73. The highest BCUT2D eigenvalue weighted by atomic mass is 16.5. The summed E-state index contributed by atoms with van der Waals surface area (Å²) in [7, 11) is 3.36. The Balaban J connectivity index is 2.36. The quantitative estimate of drug-likeness (QED) is 0.823. The first-order valence-electron chi connectivity index (χ1n) is 5.31. The van der Waals surface area contributed by atoms with Crippen molar-refractivity contribution < 1.29 is 9.47 Å². The fourth-order valence-electron chi connectivity index (χ4n) is 2.14. The third-order valence-corrected chi connectivity index (χ3v) is 2.87. The van der Waals surface area contributed by atoms with Crippen molar-refractivity contribution in [3.63, 3.8) is 0 Å². The van der Waals surface area contributed by atoms with E-state index in [1.54, 1.807) is 14.2 Å². The average Bonchev–Trinajstić information content (AvgIpc) is 2.81. The smallest absolute Gasteiger partial charge is 0.165 e. The number of methoxy groups -OCH3 is 2. The molecule has 0 bridgehead atoms. The molecule has 1 fully saturated rings. The van der Waals surface area contributed by atoms with Crippen LogP contribution in [0.25, 0.3) is 0 Å². The van der Waals surface area contributed by atoms with Gasteiger partial charge < -0.3 is 14.8 Å². The van der Waals surface area contributed by atoms with Crippen molar-refractivity contribution >= 4 is 0 Å². The molecule has 2 rings (SSSR count). The summed E-state index contributed by atoms with van der Waals surface area (Å²) in [5.74, 6) is 1.67. The van der Waals surface area contributed by atoms with Crippen LogP contribution in [0.2, 0.25) is 0 Å². The van der Waals surface area contributed by atoms with Gasteiger partial charge in [0.05, 0.1) is 14.2 Å². The molecule has 1 N–H and O–H groups in total. The van der Waals surface area contributed by atoms with Crippen LogP contribution in [0.5, 0.6) is 11.5 Å². The van der Waals surface area contributed by atoms with Crippen LogP contribution >= 0.6 is 0 Å². The van der Waals surface area contributed by atoms with E-state index in [4.69, 9.17) is 9.47 Å². The van der Waals surface area contributed by atoms with E-state index in [2.05, 4.69) is 11.4 Å². The van der Waals surface area contributed by atoms with Crippen molar-refractivity contribution in [1.29, 1.82) is 0 Å². The summed E-state index contributed by atoms with van der Waals surface area (Å²) in [6.07, 6.45) is 2.40. The summed E-state index contributed by atoms with van der Waals surface area (Å²) < 4.78 is 10.7. The van der Waals surface area contributed by atoms with Gasteiger partial charge in [-0.15, -0.1) is 0 Å². The lowest BCUT2D eigenvalue weighted by atomic mass is 10.0. The van der Waals surface area contributed by atoms with E-state index in [-0.39, 0.29) is 0 Å². The Morgan fingerprint density at radius 1 is 1.27 bits per heavy atom. The molecule has 1 aliphatic rings. The molecule has 15 heavy (non-hydrogen) atoms. The third kappa shape index (κ3) is 1.92. The summed E-state index contributed by atoms with van der Waals surface area (Å²) in [5.41, 5.74) is 1.20. The van der Waals surface area contributed by atoms with Crippen molar-refractivity contribution in [2.45, 2.75) is 18.9 Å². The number of nitrogens with one attached hydrogen (secondary N) is 1. The van der Waals surface area contributed by atoms with Crippen LogP contribution < -0.4 is 14.8 Å². The monoisotopic (exact) mass is 207 g/mol. The number of ether oxygens (including phenoxy) is 2. The van der Waals surface area contributed by atoms with Gasteiger partial charge in [0.2, 0.25) is 0 Å². The summed E-state index contributed by atoms with van der Waals surface area (Å²) in [4.78, 5) is 0. The Labute approximate surface area is 90.4 Å². The molecule has 1 aliphatic heterocycles. The van der Waals surface area contributed by atoms with E-state index in [1.807, 2.05) is 12.1 Å². The van der Waals surface area contributed by atoms with Crippen LogP contribution in [0.4, 0.5) is 0 Å². The van der Waals surface area contributed by atoms with Gasteiger partial charge in [0, 0.05) is 11.6 Å². The molecule has 0 aliphatic carbocycles. The summed E-state index contributed by atoms with van der Waals surface area (Å²) in [6.45, 7) is 1.09. The minimum atomic E-state index is 0.412. The highest BCUT2D eigenvalue weighted by Crippen LogP contribution is 2.37. The first-order chi connectivity index (χ1) is 7.36. The Hall–Kier alpha value is -1.22. The minimum absolute atomic E-state index is 0.412. The molecule has 1 aromatic carbocycles. The summed E-state index contributed by atoms with van der Waals surface area (Å²) >= 11 is 0. The van der Waals surface area contributed by atoms with E-state index < -0.39 is 0 Å². The van der Waals surface area contributed by atoms with Gasteiger partial charge in [-0.05, 0) is 25.5 Å². The van der Waals surface area contributed by atoms with E-state index in [1.165, 1.54) is 18.4 Å². The number of hydrogen-bond acceptors (Lipinski definition) is 3. The molecule has 1 saturated heterocycles. The highest BCUT2D eigenvalue weighted by Gasteiger charge is 2.21. The fraction of sp³-hybridized carbons (Fsp3) is 0.500. The van der Waals surface area contributed by atoms with Gasteiger partial charge in [0.25, 0.3) is 0 Å². The minimum Gasteiger partial charge on any atom is -0.493 e. The van der Waals surface area contributed by atoms with Crippen molar-refractivity contribution in [3.05, 3.63) is 23.8 Å². The third-order valence-electron chi connectivity index (χ3n) is 2.87. The zero-order valence-electron chi connectivity index (χ0n) is 9.25. The Morgan fingerprint density at radius 2 is 2.13 bits per heavy atom. The topological polar surface area (TPSA) is 30.5 Å². The Morgan fingerprint density at radius 3 is 2.73 bits per heavy atom. The predicted molar refractivity (Wildman–Crippen MR) is 59.5 cm³/mol. The molecule has 1 heterocycles. The first kappa shape index (κ1) is 10.3. The highest BCUT2D eigenvalue weighted by molar-refractivity contribution is 5.48. The van der Waals surface area contributed by atoms with Crippen LogP contribution in [0, 0.1) is 0 Å². The molecule has 82 valence electrons. The van der Waals surface area contributed by atoms with E-state index in [0.717, 1.165) is 18.0 Å². The second-order valence-electron chi connectivity index (χ2n) is 3.73. The standard InChI is InChI=1S/C12H17NO2/c1-14-11-7-3-5-9(12(11)15-2)10-6-4-8-13-10/h3,5,7,10,13H,4,6,8H2,1-2H3. The lowest BCUT2D eigenvalue weighted by Crippen LogP contribution is -2.14. The zero-order valence-corrected chi connectivity index (χ0v) is 9.25. The second kappa shape index (κ2) is 4.53. The van der Waals surface area contributed by atoms with Crippen LogP contribution in [0.3, 0.4) is 0 Å². The number of hydrogen-bond donors (Lipinski definition) is 1. The van der Waals surface area contributed by atoms with Crippen molar-refractivity contribution in [1.82, 2.24) is 5.32 Å². The number of rotatable bonds is 3. The van der Waals surface area contributed by atoms with E-state index in [0.29, 0.717) is 6.04 Å². The molecule has 3 heteroatoms. The lowest BCUT2D eigenvalue weighted by molar-refractivity contribution is 0.348. The van der Waals surface area contributed by atoms with Crippen molar-refractivity contribution in [2.24, 2.45) is 0 Å². The van der Waals surface area contributed by atoms with Crippen LogP contribution in [-0.2, 0) is 0 Å². The van der Waals surface area contributed by atoms with Crippen molar-refractivity contribution in [2.75, 3.05) is 20.8 Å². The van der Waals surface area contributed by atoms with Gasteiger partial charge >= 0.3 is 0 Å².